The second kappa shape index (κ2) is 9.89. The number of amides is 1. The SMILES string of the molecule is O=C(CN1CCN(c2ccccc2O)CC1)N1CCN(S(=O)(=O)Cc2ccccc2)CC1. The van der Waals surface area contributed by atoms with E-state index in [0.717, 1.165) is 37.4 Å². The number of piperazine rings is 2. The molecule has 4 rings (SSSR count). The highest BCUT2D eigenvalue weighted by Crippen LogP contribution is 2.27. The van der Waals surface area contributed by atoms with Gasteiger partial charge in [0.25, 0.3) is 0 Å². The Bertz CT molecular complexity index is 1020. The van der Waals surface area contributed by atoms with E-state index in [1.54, 1.807) is 17.0 Å². The molecule has 1 N–H and O–H groups in total. The second-order valence-corrected chi connectivity index (χ2v) is 10.2. The highest BCUT2D eigenvalue weighted by atomic mass is 32.2. The van der Waals surface area contributed by atoms with E-state index in [1.807, 2.05) is 42.5 Å². The summed E-state index contributed by atoms with van der Waals surface area (Å²) in [7, 11) is -3.39. The Morgan fingerprint density at radius 3 is 2.09 bits per heavy atom. The van der Waals surface area contributed by atoms with Gasteiger partial charge in [0.15, 0.2) is 0 Å². The monoisotopic (exact) mass is 458 g/mol. The van der Waals surface area contributed by atoms with Crippen molar-refractivity contribution in [3.05, 3.63) is 60.2 Å². The molecule has 2 aliphatic rings. The van der Waals surface area contributed by atoms with Gasteiger partial charge in [-0.2, -0.15) is 4.31 Å². The van der Waals surface area contributed by atoms with Crippen LogP contribution in [0.2, 0.25) is 0 Å². The van der Waals surface area contributed by atoms with E-state index in [4.69, 9.17) is 0 Å². The molecule has 8 nitrogen and oxygen atoms in total. The Kier molecular flexibility index (Phi) is 6.98. The van der Waals surface area contributed by atoms with Gasteiger partial charge in [-0.15, -0.1) is 0 Å². The lowest BCUT2D eigenvalue weighted by atomic mass is 10.2. The quantitative estimate of drug-likeness (QED) is 0.700. The van der Waals surface area contributed by atoms with Gasteiger partial charge in [-0.05, 0) is 17.7 Å². The molecular weight excluding hydrogens is 428 g/mol. The minimum Gasteiger partial charge on any atom is -0.506 e. The van der Waals surface area contributed by atoms with Crippen molar-refractivity contribution in [1.82, 2.24) is 14.1 Å². The molecule has 0 bridgehead atoms. The summed E-state index contributed by atoms with van der Waals surface area (Å²) in [6.45, 7) is 4.83. The smallest absolute Gasteiger partial charge is 0.236 e. The summed E-state index contributed by atoms with van der Waals surface area (Å²) in [5, 5.41) is 10.0. The lowest BCUT2D eigenvalue weighted by molar-refractivity contribution is -0.133. The number of para-hydroxylation sites is 2. The van der Waals surface area contributed by atoms with Crippen molar-refractivity contribution >= 4 is 21.6 Å². The third kappa shape index (κ3) is 5.40. The van der Waals surface area contributed by atoms with Gasteiger partial charge in [-0.1, -0.05) is 42.5 Å². The maximum Gasteiger partial charge on any atom is 0.236 e. The number of hydrogen-bond donors (Lipinski definition) is 1. The number of sulfonamides is 1. The fourth-order valence-electron chi connectivity index (χ4n) is 4.26. The topological polar surface area (TPSA) is 84.4 Å². The van der Waals surface area contributed by atoms with Crippen LogP contribution >= 0.6 is 0 Å². The van der Waals surface area contributed by atoms with Gasteiger partial charge >= 0.3 is 0 Å². The van der Waals surface area contributed by atoms with Gasteiger partial charge in [0.05, 0.1) is 18.0 Å². The minimum atomic E-state index is -3.39. The van der Waals surface area contributed by atoms with Crippen LogP contribution in [0, 0.1) is 0 Å². The first-order valence-corrected chi connectivity index (χ1v) is 12.6. The summed E-state index contributed by atoms with van der Waals surface area (Å²) < 4.78 is 26.9. The molecule has 2 aromatic rings. The van der Waals surface area contributed by atoms with Gasteiger partial charge in [-0.25, -0.2) is 8.42 Å². The number of anilines is 1. The van der Waals surface area contributed by atoms with Crippen LogP contribution in [0.25, 0.3) is 0 Å². The van der Waals surface area contributed by atoms with Crippen LogP contribution in [0.3, 0.4) is 0 Å². The molecule has 0 saturated carbocycles. The summed E-state index contributed by atoms with van der Waals surface area (Å²) in [5.41, 5.74) is 1.60. The summed E-state index contributed by atoms with van der Waals surface area (Å²) in [4.78, 5) is 18.8. The van der Waals surface area contributed by atoms with Crippen molar-refractivity contribution in [1.29, 1.82) is 0 Å². The summed E-state index contributed by atoms with van der Waals surface area (Å²) in [6.07, 6.45) is 0. The number of aromatic hydroxyl groups is 1. The Labute approximate surface area is 189 Å². The Hall–Kier alpha value is -2.62. The lowest BCUT2D eigenvalue weighted by Gasteiger charge is -2.38. The number of benzene rings is 2. The van der Waals surface area contributed by atoms with E-state index in [0.29, 0.717) is 32.7 Å². The first kappa shape index (κ1) is 22.6. The largest absolute Gasteiger partial charge is 0.506 e. The Balaban J connectivity index is 1.23. The molecule has 0 aliphatic carbocycles. The van der Waals surface area contributed by atoms with Gasteiger partial charge < -0.3 is 14.9 Å². The average molecular weight is 459 g/mol. The molecule has 2 aliphatic heterocycles. The highest BCUT2D eigenvalue weighted by Gasteiger charge is 2.30. The predicted octanol–water partition coefficient (Wildman–Crippen LogP) is 1.19. The fraction of sp³-hybridized carbons (Fsp3) is 0.435. The van der Waals surface area contributed by atoms with Crippen LogP contribution in [0.1, 0.15) is 5.56 Å². The van der Waals surface area contributed by atoms with E-state index in [-0.39, 0.29) is 17.4 Å². The molecule has 0 atom stereocenters. The van der Waals surface area contributed by atoms with Gasteiger partial charge in [-0.3, -0.25) is 9.69 Å². The predicted molar refractivity (Wildman–Crippen MR) is 124 cm³/mol. The van der Waals surface area contributed by atoms with Crippen molar-refractivity contribution < 1.29 is 18.3 Å². The zero-order valence-corrected chi connectivity index (χ0v) is 19.0. The standard InChI is InChI=1S/C23H30N4O4S/c28-22-9-5-4-8-21(22)25-12-10-24(11-13-25)18-23(29)26-14-16-27(17-15-26)32(30,31)19-20-6-2-1-3-7-20/h1-9,28H,10-19H2. The van der Waals surface area contributed by atoms with Crippen LogP contribution < -0.4 is 4.90 Å². The van der Waals surface area contributed by atoms with Crippen LogP contribution in [0.15, 0.2) is 54.6 Å². The lowest BCUT2D eigenvalue weighted by Crippen LogP contribution is -2.54. The fourth-order valence-corrected chi connectivity index (χ4v) is 5.78. The number of carbonyl (C=O) groups is 1. The van der Waals surface area contributed by atoms with Crippen molar-refractivity contribution in [3.63, 3.8) is 0 Å². The van der Waals surface area contributed by atoms with Crippen molar-refractivity contribution in [2.75, 3.05) is 63.8 Å². The van der Waals surface area contributed by atoms with Gasteiger partial charge in [0.2, 0.25) is 15.9 Å². The maximum absolute atomic E-state index is 12.8. The number of phenolic OH excluding ortho intramolecular Hbond substituents is 1. The van der Waals surface area contributed by atoms with Crippen LogP contribution in [-0.2, 0) is 20.6 Å². The van der Waals surface area contributed by atoms with Crippen molar-refractivity contribution in [2.24, 2.45) is 0 Å². The van der Waals surface area contributed by atoms with Crippen LogP contribution in [0.4, 0.5) is 5.69 Å². The Morgan fingerprint density at radius 2 is 1.44 bits per heavy atom. The molecule has 2 fully saturated rings. The first-order valence-electron chi connectivity index (χ1n) is 11.0. The molecule has 2 aromatic carbocycles. The number of nitrogens with zero attached hydrogens (tertiary/aromatic N) is 4. The maximum atomic E-state index is 12.8. The third-order valence-corrected chi connectivity index (χ3v) is 7.98. The third-order valence-electron chi connectivity index (χ3n) is 6.13. The molecule has 0 spiro atoms. The second-order valence-electron chi connectivity index (χ2n) is 8.27. The molecular formula is C23H30N4O4S. The molecule has 0 unspecified atom stereocenters. The highest BCUT2D eigenvalue weighted by molar-refractivity contribution is 7.88. The normalized spacial score (nSPS) is 18.6. The summed E-state index contributed by atoms with van der Waals surface area (Å²) >= 11 is 0. The van der Waals surface area contributed by atoms with E-state index in [2.05, 4.69) is 9.80 Å². The molecule has 1 amide bonds. The van der Waals surface area contributed by atoms with Crippen molar-refractivity contribution in [3.8, 4) is 5.75 Å². The van der Waals surface area contributed by atoms with Crippen LogP contribution in [0.5, 0.6) is 5.75 Å². The molecule has 2 saturated heterocycles. The van der Waals surface area contributed by atoms with Gasteiger partial charge in [0.1, 0.15) is 5.75 Å². The average Bonchev–Trinajstić information content (AvgIpc) is 2.80. The molecule has 32 heavy (non-hydrogen) atoms. The number of rotatable bonds is 6. The van der Waals surface area contributed by atoms with E-state index < -0.39 is 10.0 Å². The molecule has 9 heteroatoms. The summed E-state index contributed by atoms with van der Waals surface area (Å²) in [6, 6.07) is 16.5. The van der Waals surface area contributed by atoms with Gasteiger partial charge in [0, 0.05) is 52.4 Å². The van der Waals surface area contributed by atoms with E-state index in [9.17, 15) is 18.3 Å². The number of carbonyl (C=O) groups excluding carboxylic acids is 1. The number of phenols is 1. The molecule has 172 valence electrons. The molecule has 0 aromatic heterocycles. The zero-order valence-electron chi connectivity index (χ0n) is 18.1. The Morgan fingerprint density at radius 1 is 0.812 bits per heavy atom. The van der Waals surface area contributed by atoms with Crippen LogP contribution in [-0.4, -0.2) is 92.4 Å². The molecule has 2 heterocycles. The summed E-state index contributed by atoms with van der Waals surface area (Å²) in [5.74, 6) is 0.307. The van der Waals surface area contributed by atoms with E-state index >= 15 is 0 Å². The zero-order chi connectivity index (χ0) is 22.6. The minimum absolute atomic E-state index is 0.0109. The van der Waals surface area contributed by atoms with E-state index in [1.165, 1.54) is 4.31 Å². The number of hydrogen-bond acceptors (Lipinski definition) is 6. The van der Waals surface area contributed by atoms with Crippen molar-refractivity contribution in [2.45, 2.75) is 5.75 Å². The first-order chi connectivity index (χ1) is 15.4. The molecule has 0 radical (unpaired) electrons.